The van der Waals surface area contributed by atoms with E-state index < -0.39 is 5.91 Å². The van der Waals surface area contributed by atoms with Crippen LogP contribution in [-0.4, -0.2) is 23.0 Å². The molecule has 1 heterocycles. The molecule has 0 unspecified atom stereocenters. The third-order valence-electron chi connectivity index (χ3n) is 2.36. The van der Waals surface area contributed by atoms with Crippen LogP contribution in [0.3, 0.4) is 0 Å². The summed E-state index contributed by atoms with van der Waals surface area (Å²) < 4.78 is 5.20. The third-order valence-corrected chi connectivity index (χ3v) is 2.67. The summed E-state index contributed by atoms with van der Waals surface area (Å²) in [5, 5.41) is 0.473. The third kappa shape index (κ3) is 2.26. The van der Waals surface area contributed by atoms with Gasteiger partial charge in [-0.1, -0.05) is 17.7 Å². The van der Waals surface area contributed by atoms with Gasteiger partial charge in [0.1, 0.15) is 5.75 Å². The molecular weight excluding hydrogens is 254 g/mol. The van der Waals surface area contributed by atoms with Crippen molar-refractivity contribution in [1.29, 1.82) is 0 Å². The zero-order chi connectivity index (χ0) is 13.1. The van der Waals surface area contributed by atoms with Crippen LogP contribution in [0, 0.1) is 0 Å². The number of nitrogens with zero attached hydrogens (tertiary/aromatic N) is 2. The lowest BCUT2D eigenvalue weighted by Gasteiger charge is -2.08. The molecule has 18 heavy (non-hydrogen) atoms. The molecular formula is C12H10ClN3O2. The summed E-state index contributed by atoms with van der Waals surface area (Å²) in [5.41, 5.74) is 5.94. The lowest BCUT2D eigenvalue weighted by atomic mass is 10.2. The van der Waals surface area contributed by atoms with E-state index in [4.69, 9.17) is 22.1 Å². The van der Waals surface area contributed by atoms with E-state index in [1.807, 2.05) is 0 Å². The zero-order valence-electron chi connectivity index (χ0n) is 9.55. The summed E-state index contributed by atoms with van der Waals surface area (Å²) in [6.45, 7) is 0. The molecule has 0 atom stereocenters. The van der Waals surface area contributed by atoms with Crippen LogP contribution in [0.5, 0.6) is 5.75 Å². The lowest BCUT2D eigenvalue weighted by molar-refractivity contribution is 0.0999. The summed E-state index contributed by atoms with van der Waals surface area (Å²) in [6, 6.07) is 5.24. The van der Waals surface area contributed by atoms with Crippen LogP contribution in [-0.2, 0) is 0 Å². The zero-order valence-corrected chi connectivity index (χ0v) is 10.3. The van der Waals surface area contributed by atoms with Crippen LogP contribution in [0.4, 0.5) is 0 Å². The Bertz CT molecular complexity index is 584. The average Bonchev–Trinajstić information content (AvgIpc) is 2.38. The smallest absolute Gasteiger partial charge is 0.251 e. The van der Waals surface area contributed by atoms with E-state index in [0.29, 0.717) is 22.2 Å². The Morgan fingerprint density at radius 2 is 2.00 bits per heavy atom. The fraction of sp³-hybridized carbons (Fsp3) is 0.0833. The number of primary amides is 1. The van der Waals surface area contributed by atoms with Crippen molar-refractivity contribution in [2.75, 3.05) is 7.11 Å². The summed E-state index contributed by atoms with van der Waals surface area (Å²) >= 11 is 6.09. The Morgan fingerprint density at radius 1 is 1.33 bits per heavy atom. The Kier molecular flexibility index (Phi) is 3.43. The molecule has 0 spiro atoms. The van der Waals surface area contributed by atoms with Crippen molar-refractivity contribution in [3.05, 3.63) is 41.2 Å². The van der Waals surface area contributed by atoms with Gasteiger partial charge in [-0.25, -0.2) is 9.97 Å². The SMILES string of the molecule is COc1cccc(Cl)c1-c1ncc(C(N)=O)cn1. The fourth-order valence-electron chi connectivity index (χ4n) is 1.48. The van der Waals surface area contributed by atoms with Gasteiger partial charge < -0.3 is 10.5 Å². The highest BCUT2D eigenvalue weighted by molar-refractivity contribution is 6.33. The molecule has 0 fully saturated rings. The van der Waals surface area contributed by atoms with Gasteiger partial charge in [0, 0.05) is 12.4 Å². The molecule has 2 N–H and O–H groups in total. The van der Waals surface area contributed by atoms with E-state index >= 15 is 0 Å². The van der Waals surface area contributed by atoms with Crippen LogP contribution in [0.15, 0.2) is 30.6 Å². The van der Waals surface area contributed by atoms with Gasteiger partial charge in [0.05, 0.1) is 23.3 Å². The summed E-state index contributed by atoms with van der Waals surface area (Å²) in [4.78, 5) is 19.1. The molecule has 2 aromatic rings. The number of amides is 1. The number of rotatable bonds is 3. The molecule has 2 rings (SSSR count). The van der Waals surface area contributed by atoms with Crippen molar-refractivity contribution in [3.8, 4) is 17.1 Å². The highest BCUT2D eigenvalue weighted by Crippen LogP contribution is 2.33. The quantitative estimate of drug-likeness (QED) is 0.917. The normalized spacial score (nSPS) is 10.1. The maximum atomic E-state index is 10.9. The number of benzene rings is 1. The van der Waals surface area contributed by atoms with E-state index in [-0.39, 0.29) is 5.56 Å². The second kappa shape index (κ2) is 5.01. The van der Waals surface area contributed by atoms with Crippen molar-refractivity contribution >= 4 is 17.5 Å². The van der Waals surface area contributed by atoms with E-state index in [0.717, 1.165) is 0 Å². The molecule has 0 saturated carbocycles. The molecule has 92 valence electrons. The van der Waals surface area contributed by atoms with Crippen LogP contribution in [0.2, 0.25) is 5.02 Å². The molecule has 0 saturated heterocycles. The van der Waals surface area contributed by atoms with Crippen molar-refractivity contribution in [2.45, 2.75) is 0 Å². The standard InChI is InChI=1S/C12H10ClN3O2/c1-18-9-4-2-3-8(13)10(9)12-15-5-7(6-16-12)11(14)17/h2-6H,1H3,(H2,14,17). The Balaban J connectivity index is 2.52. The van der Waals surface area contributed by atoms with Gasteiger partial charge >= 0.3 is 0 Å². The summed E-state index contributed by atoms with van der Waals surface area (Å²) in [7, 11) is 1.53. The summed E-state index contributed by atoms with van der Waals surface area (Å²) in [6.07, 6.45) is 2.71. The van der Waals surface area contributed by atoms with Gasteiger partial charge in [-0.2, -0.15) is 0 Å². The van der Waals surface area contributed by atoms with Crippen molar-refractivity contribution in [3.63, 3.8) is 0 Å². The fourth-order valence-corrected chi connectivity index (χ4v) is 1.73. The molecule has 0 aliphatic heterocycles. The Labute approximate surface area is 109 Å². The number of ether oxygens (including phenoxy) is 1. The van der Waals surface area contributed by atoms with Crippen LogP contribution >= 0.6 is 11.6 Å². The Morgan fingerprint density at radius 3 is 2.56 bits per heavy atom. The predicted molar refractivity (Wildman–Crippen MR) is 67.5 cm³/mol. The first-order valence-corrected chi connectivity index (χ1v) is 5.46. The maximum Gasteiger partial charge on any atom is 0.251 e. The molecule has 1 aromatic heterocycles. The monoisotopic (exact) mass is 263 g/mol. The van der Waals surface area contributed by atoms with Crippen LogP contribution < -0.4 is 10.5 Å². The van der Waals surface area contributed by atoms with Gasteiger partial charge in [0.15, 0.2) is 5.82 Å². The van der Waals surface area contributed by atoms with Crippen molar-refractivity contribution < 1.29 is 9.53 Å². The second-order valence-corrected chi connectivity index (χ2v) is 3.88. The topological polar surface area (TPSA) is 78.1 Å². The van der Waals surface area contributed by atoms with E-state index in [2.05, 4.69) is 9.97 Å². The number of carbonyl (C=O) groups is 1. The van der Waals surface area contributed by atoms with Gasteiger partial charge in [-0.3, -0.25) is 4.79 Å². The van der Waals surface area contributed by atoms with Gasteiger partial charge in [0.2, 0.25) is 0 Å². The number of hydrogen-bond acceptors (Lipinski definition) is 4. The molecule has 1 aromatic carbocycles. The first kappa shape index (κ1) is 12.3. The molecule has 5 nitrogen and oxygen atoms in total. The largest absolute Gasteiger partial charge is 0.496 e. The van der Waals surface area contributed by atoms with Gasteiger partial charge in [-0.15, -0.1) is 0 Å². The molecule has 1 amide bonds. The minimum absolute atomic E-state index is 0.241. The van der Waals surface area contributed by atoms with Gasteiger partial charge in [0.25, 0.3) is 5.91 Å². The number of hydrogen-bond donors (Lipinski definition) is 1. The lowest BCUT2D eigenvalue weighted by Crippen LogP contribution is -2.11. The molecule has 6 heteroatoms. The minimum atomic E-state index is -0.576. The van der Waals surface area contributed by atoms with E-state index in [1.165, 1.54) is 19.5 Å². The van der Waals surface area contributed by atoms with Gasteiger partial charge in [-0.05, 0) is 12.1 Å². The second-order valence-electron chi connectivity index (χ2n) is 3.48. The predicted octanol–water partition coefficient (Wildman–Crippen LogP) is 1.90. The Hall–Kier alpha value is -2.14. The number of nitrogens with two attached hydrogens (primary N) is 1. The van der Waals surface area contributed by atoms with Crippen molar-refractivity contribution in [2.24, 2.45) is 5.73 Å². The molecule has 0 aliphatic carbocycles. The highest BCUT2D eigenvalue weighted by atomic mass is 35.5. The van der Waals surface area contributed by atoms with Crippen LogP contribution in [0.25, 0.3) is 11.4 Å². The molecule has 0 radical (unpaired) electrons. The highest BCUT2D eigenvalue weighted by Gasteiger charge is 2.13. The first-order chi connectivity index (χ1) is 8.63. The number of halogens is 1. The van der Waals surface area contributed by atoms with Crippen LogP contribution in [0.1, 0.15) is 10.4 Å². The number of methoxy groups -OCH3 is 1. The number of carbonyl (C=O) groups excluding carboxylic acids is 1. The first-order valence-electron chi connectivity index (χ1n) is 5.08. The number of aromatic nitrogens is 2. The van der Waals surface area contributed by atoms with E-state index in [9.17, 15) is 4.79 Å². The maximum absolute atomic E-state index is 10.9. The minimum Gasteiger partial charge on any atom is -0.496 e. The summed E-state index contributed by atoms with van der Waals surface area (Å²) in [5.74, 6) is 0.365. The van der Waals surface area contributed by atoms with Crippen molar-refractivity contribution in [1.82, 2.24) is 9.97 Å². The molecule has 0 bridgehead atoms. The average molecular weight is 264 g/mol. The van der Waals surface area contributed by atoms with E-state index in [1.54, 1.807) is 18.2 Å². The molecule has 0 aliphatic rings.